The van der Waals surface area contributed by atoms with Crippen molar-refractivity contribution in [1.82, 2.24) is 36.8 Å². The number of carboxylic acid groups (broad SMARTS) is 2. The fourth-order valence-electron chi connectivity index (χ4n) is 6.12. The van der Waals surface area contributed by atoms with E-state index in [-0.39, 0.29) is 44.1 Å². The highest BCUT2D eigenvalue weighted by molar-refractivity contribution is 7.98. The van der Waals surface area contributed by atoms with E-state index in [1.807, 2.05) is 0 Å². The molecule has 58 heavy (non-hydrogen) atoms. The standard InChI is InChI=1S/C37H64N8O12S/c1-18(2)14-23(41-34(53)29(38)21(7)46)32(51)44-30(20(5)6)35(54)42-24(16-28(48)49)31(50)43-25(15-19(3)4)36(55)45-12-9-10-26(45)33(52)39-17-27(47)40-22(37(56)57)11-13-58-8/h18-26,29-30,46H,9-17,38H2,1-8H3,(H,39,52)(H,40,47)(H,41,53)(H,42,54)(H,43,50)(H,44,51)(H,48,49)(H,56,57)/t21-,22+,23+,24+,25+,26+,29+,30+/m1/s1. The molecule has 1 aliphatic heterocycles. The molecule has 11 N–H and O–H groups in total. The molecule has 0 spiro atoms. The van der Waals surface area contributed by atoms with Crippen molar-refractivity contribution in [1.29, 1.82) is 0 Å². The van der Waals surface area contributed by atoms with Crippen molar-refractivity contribution in [3.63, 3.8) is 0 Å². The topological polar surface area (TPSA) is 316 Å². The van der Waals surface area contributed by atoms with Crippen LogP contribution in [-0.4, -0.2) is 147 Å². The molecule has 1 rings (SSSR count). The molecule has 8 atom stereocenters. The lowest BCUT2D eigenvalue weighted by Gasteiger charge is -2.31. The zero-order valence-electron chi connectivity index (χ0n) is 34.7. The van der Waals surface area contributed by atoms with Gasteiger partial charge in [0.05, 0.1) is 19.1 Å². The van der Waals surface area contributed by atoms with E-state index in [2.05, 4.69) is 31.9 Å². The van der Waals surface area contributed by atoms with Crippen molar-refractivity contribution in [3.05, 3.63) is 0 Å². The SMILES string of the molecule is CSCC[C@H](NC(=O)CNC(=O)[C@@H]1CCCN1C(=O)[C@H](CC(C)C)NC(=O)[C@H](CC(=O)O)NC(=O)[C@@H](NC(=O)[C@H](CC(C)C)NC(=O)[C@@H](N)[C@@H](C)O)C(C)C)C(=O)O. The number of hydrogen-bond donors (Lipinski definition) is 10. The average Bonchev–Trinajstić information content (AvgIpc) is 3.62. The predicted octanol–water partition coefficient (Wildman–Crippen LogP) is -1.71. The molecule has 20 nitrogen and oxygen atoms in total. The number of nitrogens with one attached hydrogen (secondary N) is 6. The molecule has 0 aromatic rings. The Labute approximate surface area is 343 Å². The zero-order valence-corrected chi connectivity index (χ0v) is 35.5. The summed E-state index contributed by atoms with van der Waals surface area (Å²) in [5.74, 6) is -8.55. The van der Waals surface area contributed by atoms with Crippen LogP contribution in [0.4, 0.5) is 0 Å². The molecular formula is C37H64N8O12S. The second-order valence-corrected chi connectivity index (χ2v) is 16.7. The van der Waals surface area contributed by atoms with Gasteiger partial charge in [0.1, 0.15) is 42.3 Å². The molecule has 0 unspecified atom stereocenters. The smallest absolute Gasteiger partial charge is 0.326 e. The molecule has 330 valence electrons. The normalized spacial score (nSPS) is 17.6. The number of thioether (sulfide) groups is 1. The van der Waals surface area contributed by atoms with E-state index in [1.54, 1.807) is 47.8 Å². The Morgan fingerprint density at radius 3 is 1.81 bits per heavy atom. The third-order valence-corrected chi connectivity index (χ3v) is 9.89. The summed E-state index contributed by atoms with van der Waals surface area (Å²) in [6.45, 7) is 11.3. The maximum absolute atomic E-state index is 14.0. The monoisotopic (exact) mass is 844 g/mol. The molecule has 21 heteroatoms. The first-order chi connectivity index (χ1) is 27.0. The van der Waals surface area contributed by atoms with Gasteiger partial charge in [-0.25, -0.2) is 4.79 Å². The van der Waals surface area contributed by atoms with Crippen LogP contribution in [-0.2, 0) is 43.2 Å². The zero-order chi connectivity index (χ0) is 44.4. The van der Waals surface area contributed by atoms with Gasteiger partial charge in [0, 0.05) is 6.54 Å². The van der Waals surface area contributed by atoms with E-state index < -0.39 is 121 Å². The van der Waals surface area contributed by atoms with Crippen LogP contribution in [0.3, 0.4) is 0 Å². The Morgan fingerprint density at radius 2 is 1.29 bits per heavy atom. The number of aliphatic carboxylic acids is 2. The lowest BCUT2D eigenvalue weighted by Crippen LogP contribution is -2.61. The van der Waals surface area contributed by atoms with Crippen LogP contribution in [0, 0.1) is 17.8 Å². The summed E-state index contributed by atoms with van der Waals surface area (Å²) in [5, 5.41) is 43.6. The van der Waals surface area contributed by atoms with Gasteiger partial charge in [0.2, 0.25) is 41.4 Å². The molecule has 0 bridgehead atoms. The maximum Gasteiger partial charge on any atom is 0.326 e. The molecule has 0 radical (unpaired) electrons. The Bertz CT molecular complexity index is 1460. The number of aliphatic hydroxyl groups excluding tert-OH is 1. The van der Waals surface area contributed by atoms with Crippen LogP contribution >= 0.6 is 11.8 Å². The minimum Gasteiger partial charge on any atom is -0.481 e. The number of carboxylic acids is 2. The molecule has 0 aliphatic carbocycles. The van der Waals surface area contributed by atoms with Gasteiger partial charge in [0.25, 0.3) is 0 Å². The summed E-state index contributed by atoms with van der Waals surface area (Å²) < 4.78 is 0. The van der Waals surface area contributed by atoms with Gasteiger partial charge in [-0.2, -0.15) is 11.8 Å². The van der Waals surface area contributed by atoms with Gasteiger partial charge in [-0.05, 0) is 68.8 Å². The predicted molar refractivity (Wildman–Crippen MR) is 214 cm³/mol. The van der Waals surface area contributed by atoms with Crippen molar-refractivity contribution in [2.45, 2.75) is 135 Å². The number of nitrogens with two attached hydrogens (primary N) is 1. The largest absolute Gasteiger partial charge is 0.481 e. The number of carbonyl (C=O) groups excluding carboxylic acids is 7. The Morgan fingerprint density at radius 1 is 0.741 bits per heavy atom. The quantitative estimate of drug-likeness (QED) is 0.0490. The number of rotatable bonds is 25. The van der Waals surface area contributed by atoms with Crippen LogP contribution in [0.15, 0.2) is 0 Å². The minimum atomic E-state index is -1.71. The molecule has 0 aromatic carbocycles. The molecule has 1 saturated heterocycles. The van der Waals surface area contributed by atoms with Gasteiger partial charge in [-0.3, -0.25) is 38.4 Å². The Hall–Kier alpha value is -4.50. The number of aliphatic hydroxyl groups is 1. The van der Waals surface area contributed by atoms with E-state index in [0.717, 1.165) is 0 Å². The first-order valence-corrected chi connectivity index (χ1v) is 20.9. The molecular weight excluding hydrogens is 781 g/mol. The summed E-state index contributed by atoms with van der Waals surface area (Å²) in [5.41, 5.74) is 5.73. The van der Waals surface area contributed by atoms with E-state index >= 15 is 0 Å². The Kier molecular flexibility index (Phi) is 22.3. The van der Waals surface area contributed by atoms with Crippen LogP contribution in [0.5, 0.6) is 0 Å². The van der Waals surface area contributed by atoms with Gasteiger partial charge in [0.15, 0.2) is 0 Å². The lowest BCUT2D eigenvalue weighted by molar-refractivity contribution is -0.144. The highest BCUT2D eigenvalue weighted by Gasteiger charge is 2.40. The third-order valence-electron chi connectivity index (χ3n) is 9.25. The van der Waals surface area contributed by atoms with Gasteiger partial charge in [-0.15, -0.1) is 0 Å². The molecule has 1 aliphatic rings. The molecule has 0 aromatic heterocycles. The van der Waals surface area contributed by atoms with Crippen molar-refractivity contribution in [2.24, 2.45) is 23.5 Å². The Balaban J connectivity index is 3.19. The minimum absolute atomic E-state index is 0.0739. The van der Waals surface area contributed by atoms with Gasteiger partial charge in [-0.1, -0.05) is 41.5 Å². The second-order valence-electron chi connectivity index (χ2n) is 15.7. The lowest BCUT2D eigenvalue weighted by atomic mass is 9.98. The summed E-state index contributed by atoms with van der Waals surface area (Å²) >= 11 is 1.41. The summed E-state index contributed by atoms with van der Waals surface area (Å²) in [7, 11) is 0. The highest BCUT2D eigenvalue weighted by Crippen LogP contribution is 2.21. The molecule has 1 heterocycles. The first-order valence-electron chi connectivity index (χ1n) is 19.5. The number of nitrogens with zero attached hydrogens (tertiary/aromatic N) is 1. The van der Waals surface area contributed by atoms with E-state index in [4.69, 9.17) is 5.73 Å². The van der Waals surface area contributed by atoms with E-state index in [1.165, 1.54) is 23.6 Å². The van der Waals surface area contributed by atoms with Crippen molar-refractivity contribution in [3.8, 4) is 0 Å². The molecule has 1 fully saturated rings. The van der Waals surface area contributed by atoms with Crippen LogP contribution < -0.4 is 37.6 Å². The number of hydrogen-bond acceptors (Lipinski definition) is 12. The van der Waals surface area contributed by atoms with E-state index in [0.29, 0.717) is 12.2 Å². The van der Waals surface area contributed by atoms with Gasteiger partial charge < -0.3 is 57.9 Å². The first kappa shape index (κ1) is 51.5. The fraction of sp³-hybridized carbons (Fsp3) is 0.757. The van der Waals surface area contributed by atoms with Crippen LogP contribution in [0.1, 0.15) is 87.0 Å². The average molecular weight is 845 g/mol. The van der Waals surface area contributed by atoms with Crippen LogP contribution in [0.2, 0.25) is 0 Å². The van der Waals surface area contributed by atoms with Gasteiger partial charge >= 0.3 is 11.9 Å². The summed E-state index contributed by atoms with van der Waals surface area (Å²) in [6, 6.07) is -8.90. The van der Waals surface area contributed by atoms with Crippen molar-refractivity contribution in [2.75, 3.05) is 25.1 Å². The summed E-state index contributed by atoms with van der Waals surface area (Å²) in [6.07, 6.45) is 0.752. The number of likely N-dealkylation sites (tertiary alicyclic amines) is 1. The highest BCUT2D eigenvalue weighted by atomic mass is 32.2. The van der Waals surface area contributed by atoms with Crippen LogP contribution in [0.25, 0.3) is 0 Å². The fourth-order valence-corrected chi connectivity index (χ4v) is 6.59. The van der Waals surface area contributed by atoms with Crippen molar-refractivity contribution >= 4 is 65.1 Å². The number of amides is 7. The van der Waals surface area contributed by atoms with Crippen molar-refractivity contribution < 1.29 is 58.5 Å². The summed E-state index contributed by atoms with van der Waals surface area (Å²) in [4.78, 5) is 118. The second kappa shape index (κ2) is 25.1. The third kappa shape index (κ3) is 17.6. The molecule has 0 saturated carbocycles. The maximum atomic E-state index is 14.0. The number of carbonyl (C=O) groups is 9. The molecule has 7 amide bonds. The van der Waals surface area contributed by atoms with E-state index in [9.17, 15) is 58.5 Å².